The van der Waals surface area contributed by atoms with Gasteiger partial charge in [0.25, 0.3) is 5.91 Å². The Morgan fingerprint density at radius 2 is 1.79 bits per heavy atom. The van der Waals surface area contributed by atoms with Crippen molar-refractivity contribution in [3.8, 4) is 0 Å². The van der Waals surface area contributed by atoms with Crippen molar-refractivity contribution in [3.63, 3.8) is 0 Å². The number of aromatic nitrogens is 1. The van der Waals surface area contributed by atoms with E-state index in [1.165, 1.54) is 37.6 Å². The van der Waals surface area contributed by atoms with E-state index in [1.807, 2.05) is 24.3 Å². The van der Waals surface area contributed by atoms with Gasteiger partial charge in [0.1, 0.15) is 5.69 Å². The SMILES string of the molecule is NC(=O)c1ccc(C(=O)Nc2ccccc2N2CCCCC2)nc1. The van der Waals surface area contributed by atoms with Crippen LogP contribution in [0.4, 0.5) is 11.4 Å². The van der Waals surface area contributed by atoms with E-state index in [-0.39, 0.29) is 17.2 Å². The molecule has 24 heavy (non-hydrogen) atoms. The number of nitrogens with one attached hydrogen (secondary N) is 1. The van der Waals surface area contributed by atoms with Gasteiger partial charge < -0.3 is 16.0 Å². The molecule has 1 aliphatic rings. The first-order chi connectivity index (χ1) is 11.6. The van der Waals surface area contributed by atoms with Gasteiger partial charge in [-0.15, -0.1) is 0 Å². The van der Waals surface area contributed by atoms with Crippen molar-refractivity contribution < 1.29 is 9.59 Å². The molecule has 0 aliphatic carbocycles. The number of nitrogens with zero attached hydrogens (tertiary/aromatic N) is 2. The molecule has 1 aromatic carbocycles. The Hall–Kier alpha value is -2.89. The quantitative estimate of drug-likeness (QED) is 0.904. The Morgan fingerprint density at radius 1 is 1.04 bits per heavy atom. The first-order valence-corrected chi connectivity index (χ1v) is 8.06. The van der Waals surface area contributed by atoms with Gasteiger partial charge in [0.2, 0.25) is 5.91 Å². The maximum Gasteiger partial charge on any atom is 0.274 e. The van der Waals surface area contributed by atoms with Gasteiger partial charge in [-0.05, 0) is 43.5 Å². The molecule has 6 nitrogen and oxygen atoms in total. The second-order valence-corrected chi connectivity index (χ2v) is 5.82. The third-order valence-corrected chi connectivity index (χ3v) is 4.13. The van der Waals surface area contributed by atoms with E-state index in [1.54, 1.807) is 0 Å². The van der Waals surface area contributed by atoms with E-state index < -0.39 is 5.91 Å². The smallest absolute Gasteiger partial charge is 0.274 e. The molecule has 2 amide bonds. The van der Waals surface area contributed by atoms with E-state index in [2.05, 4.69) is 15.2 Å². The summed E-state index contributed by atoms with van der Waals surface area (Å²) in [6.07, 6.45) is 4.89. The molecule has 0 bridgehead atoms. The van der Waals surface area contributed by atoms with Crippen molar-refractivity contribution in [3.05, 3.63) is 53.9 Å². The van der Waals surface area contributed by atoms with Crippen LogP contribution in [0.3, 0.4) is 0 Å². The molecule has 1 aliphatic heterocycles. The predicted molar refractivity (Wildman–Crippen MR) is 93.2 cm³/mol. The van der Waals surface area contributed by atoms with E-state index in [0.717, 1.165) is 24.5 Å². The van der Waals surface area contributed by atoms with Crippen LogP contribution in [0.15, 0.2) is 42.6 Å². The third-order valence-electron chi connectivity index (χ3n) is 4.13. The average molecular weight is 324 g/mol. The van der Waals surface area contributed by atoms with Crippen LogP contribution < -0.4 is 16.0 Å². The summed E-state index contributed by atoms with van der Waals surface area (Å²) in [5.74, 6) is -0.875. The van der Waals surface area contributed by atoms with Crippen LogP contribution in [-0.2, 0) is 0 Å². The molecular formula is C18H20N4O2. The monoisotopic (exact) mass is 324 g/mol. The number of para-hydroxylation sites is 2. The van der Waals surface area contributed by atoms with Gasteiger partial charge in [0.05, 0.1) is 16.9 Å². The van der Waals surface area contributed by atoms with Gasteiger partial charge in [-0.2, -0.15) is 0 Å². The zero-order valence-corrected chi connectivity index (χ0v) is 13.4. The van der Waals surface area contributed by atoms with Gasteiger partial charge in [0, 0.05) is 19.3 Å². The van der Waals surface area contributed by atoms with Crippen LogP contribution in [0.5, 0.6) is 0 Å². The molecule has 1 aromatic heterocycles. The molecule has 0 atom stereocenters. The normalized spacial score (nSPS) is 14.2. The summed E-state index contributed by atoms with van der Waals surface area (Å²) in [6.45, 7) is 2.00. The number of primary amides is 1. The maximum atomic E-state index is 12.4. The highest BCUT2D eigenvalue weighted by Gasteiger charge is 2.16. The van der Waals surface area contributed by atoms with Crippen molar-refractivity contribution in [1.82, 2.24) is 4.98 Å². The van der Waals surface area contributed by atoms with Crippen molar-refractivity contribution in [2.24, 2.45) is 5.73 Å². The number of anilines is 2. The van der Waals surface area contributed by atoms with Gasteiger partial charge in [0.15, 0.2) is 0 Å². The summed E-state index contributed by atoms with van der Waals surface area (Å²) in [6, 6.07) is 10.8. The summed E-state index contributed by atoms with van der Waals surface area (Å²) in [5, 5.41) is 2.91. The predicted octanol–water partition coefficient (Wildman–Crippen LogP) is 2.42. The van der Waals surface area contributed by atoms with Crippen LogP contribution >= 0.6 is 0 Å². The summed E-state index contributed by atoms with van der Waals surface area (Å²) >= 11 is 0. The highest BCUT2D eigenvalue weighted by molar-refractivity contribution is 6.05. The van der Waals surface area contributed by atoms with Crippen LogP contribution in [0.25, 0.3) is 0 Å². The molecule has 6 heteroatoms. The lowest BCUT2D eigenvalue weighted by atomic mass is 10.1. The summed E-state index contributed by atoms with van der Waals surface area (Å²) in [5.41, 5.74) is 7.50. The highest BCUT2D eigenvalue weighted by atomic mass is 16.2. The molecule has 3 N–H and O–H groups in total. The number of nitrogens with two attached hydrogens (primary N) is 1. The van der Waals surface area contributed by atoms with Crippen molar-refractivity contribution in [1.29, 1.82) is 0 Å². The number of pyridine rings is 1. The van der Waals surface area contributed by atoms with Crippen molar-refractivity contribution in [2.45, 2.75) is 19.3 Å². The Kier molecular flexibility index (Phi) is 4.74. The Bertz CT molecular complexity index is 737. The second-order valence-electron chi connectivity index (χ2n) is 5.82. The Labute approximate surface area is 140 Å². The largest absolute Gasteiger partial charge is 0.370 e. The molecular weight excluding hydrogens is 304 g/mol. The van der Waals surface area contributed by atoms with Crippen molar-refractivity contribution >= 4 is 23.2 Å². The maximum absolute atomic E-state index is 12.4. The fourth-order valence-electron chi connectivity index (χ4n) is 2.85. The topological polar surface area (TPSA) is 88.3 Å². The number of rotatable bonds is 4. The molecule has 0 spiro atoms. The van der Waals surface area contributed by atoms with Gasteiger partial charge >= 0.3 is 0 Å². The zero-order valence-electron chi connectivity index (χ0n) is 13.4. The van der Waals surface area contributed by atoms with E-state index in [4.69, 9.17) is 5.73 Å². The lowest BCUT2D eigenvalue weighted by Gasteiger charge is -2.30. The fourth-order valence-corrected chi connectivity index (χ4v) is 2.85. The number of amides is 2. The molecule has 1 saturated heterocycles. The molecule has 2 aromatic rings. The Morgan fingerprint density at radius 3 is 2.46 bits per heavy atom. The molecule has 3 rings (SSSR count). The molecule has 0 radical (unpaired) electrons. The molecule has 0 saturated carbocycles. The van der Waals surface area contributed by atoms with Gasteiger partial charge in [-0.25, -0.2) is 0 Å². The van der Waals surface area contributed by atoms with Gasteiger partial charge in [-0.1, -0.05) is 12.1 Å². The minimum atomic E-state index is -0.565. The second kappa shape index (κ2) is 7.12. The standard InChI is InChI=1S/C18H20N4O2/c19-17(23)13-8-9-15(20-12-13)18(24)21-14-6-2-3-7-16(14)22-10-4-1-5-11-22/h2-3,6-9,12H,1,4-5,10-11H2,(H2,19,23)(H,21,24). The summed E-state index contributed by atoms with van der Waals surface area (Å²) < 4.78 is 0. The molecule has 2 heterocycles. The lowest BCUT2D eigenvalue weighted by molar-refractivity contribution is 0.0993. The Balaban J connectivity index is 1.77. The van der Waals surface area contributed by atoms with Crippen LogP contribution in [-0.4, -0.2) is 29.9 Å². The minimum absolute atomic E-state index is 0.244. The fraction of sp³-hybridized carbons (Fsp3) is 0.278. The lowest BCUT2D eigenvalue weighted by Crippen LogP contribution is -2.30. The number of hydrogen-bond acceptors (Lipinski definition) is 4. The zero-order chi connectivity index (χ0) is 16.9. The first-order valence-electron chi connectivity index (χ1n) is 8.06. The number of carbonyl (C=O) groups excluding carboxylic acids is 2. The highest BCUT2D eigenvalue weighted by Crippen LogP contribution is 2.28. The number of piperidine rings is 1. The number of carbonyl (C=O) groups is 2. The first kappa shape index (κ1) is 16.0. The molecule has 1 fully saturated rings. The number of hydrogen-bond donors (Lipinski definition) is 2. The third kappa shape index (κ3) is 3.53. The van der Waals surface area contributed by atoms with E-state index in [9.17, 15) is 9.59 Å². The van der Waals surface area contributed by atoms with Crippen LogP contribution in [0.2, 0.25) is 0 Å². The van der Waals surface area contributed by atoms with E-state index in [0.29, 0.717) is 0 Å². The van der Waals surface area contributed by atoms with Gasteiger partial charge in [-0.3, -0.25) is 14.6 Å². The molecule has 0 unspecified atom stereocenters. The molecule has 124 valence electrons. The summed E-state index contributed by atoms with van der Waals surface area (Å²) in [7, 11) is 0. The van der Waals surface area contributed by atoms with Crippen molar-refractivity contribution in [2.75, 3.05) is 23.3 Å². The van der Waals surface area contributed by atoms with Crippen LogP contribution in [0.1, 0.15) is 40.1 Å². The number of benzene rings is 1. The summed E-state index contributed by atoms with van der Waals surface area (Å²) in [4.78, 5) is 29.8. The minimum Gasteiger partial charge on any atom is -0.370 e. The average Bonchev–Trinajstić information content (AvgIpc) is 2.63. The van der Waals surface area contributed by atoms with E-state index >= 15 is 0 Å². The van der Waals surface area contributed by atoms with Crippen LogP contribution in [0, 0.1) is 0 Å².